The molecule has 16 heavy (non-hydrogen) atoms. The molecule has 0 radical (unpaired) electrons. The van der Waals surface area contributed by atoms with Crippen molar-refractivity contribution < 1.29 is 0 Å². The molecule has 0 heterocycles. The van der Waals surface area contributed by atoms with Gasteiger partial charge in [-0.05, 0) is 37.8 Å². The summed E-state index contributed by atoms with van der Waals surface area (Å²) in [4.78, 5) is 0. The third kappa shape index (κ3) is 2.76. The summed E-state index contributed by atoms with van der Waals surface area (Å²) in [7, 11) is 0. The fourth-order valence-electron chi connectivity index (χ4n) is 1.91. The van der Waals surface area contributed by atoms with Crippen LogP contribution in [0.2, 0.25) is 0 Å². The van der Waals surface area contributed by atoms with Crippen LogP contribution in [-0.2, 0) is 0 Å². The number of unbranched alkanes of at least 4 members (excludes halogenated alkanes) is 1. The van der Waals surface area contributed by atoms with Crippen LogP contribution >= 0.6 is 0 Å². The molecule has 0 heteroatoms. The maximum atomic E-state index is 3.32. The highest BCUT2D eigenvalue weighted by Crippen LogP contribution is 2.31. The molecular weight excluding hydrogens is 192 g/mol. The minimum Gasteiger partial charge on any atom is -0.0661 e. The molecule has 0 saturated carbocycles. The highest BCUT2D eigenvalue weighted by molar-refractivity contribution is 5.45. The first-order chi connectivity index (χ1) is 7.90. The molecule has 0 aliphatic heterocycles. The molecule has 0 bridgehead atoms. The third-order valence-corrected chi connectivity index (χ3v) is 3.07. The molecule has 0 atom stereocenters. The van der Waals surface area contributed by atoms with Crippen molar-refractivity contribution >= 4 is 0 Å². The van der Waals surface area contributed by atoms with Crippen LogP contribution in [-0.4, -0.2) is 0 Å². The maximum Gasteiger partial charge on any atom is 0.0248 e. The molecule has 0 nitrogen and oxygen atoms in total. The first-order valence-electron chi connectivity index (χ1n) is 6.18. The van der Waals surface area contributed by atoms with E-state index in [0.29, 0.717) is 0 Å². The summed E-state index contributed by atoms with van der Waals surface area (Å²) in [5.41, 5.74) is 4.12. The number of hydrogen-bond donors (Lipinski definition) is 0. The Morgan fingerprint density at radius 1 is 1.06 bits per heavy atom. The predicted molar refractivity (Wildman–Crippen MR) is 69.1 cm³/mol. The van der Waals surface area contributed by atoms with Crippen LogP contribution in [0, 0.1) is 11.8 Å². The number of allylic oxidation sites excluding steroid dienone is 2. The fraction of sp³-hybridized carbons (Fsp3) is 0.375. The van der Waals surface area contributed by atoms with E-state index in [1.807, 2.05) is 18.2 Å². The van der Waals surface area contributed by atoms with E-state index in [4.69, 9.17) is 0 Å². The van der Waals surface area contributed by atoms with Crippen molar-refractivity contribution in [2.24, 2.45) is 0 Å². The molecule has 0 unspecified atom stereocenters. The molecule has 0 amide bonds. The van der Waals surface area contributed by atoms with Crippen molar-refractivity contribution in [3.8, 4) is 11.8 Å². The van der Waals surface area contributed by atoms with Crippen molar-refractivity contribution in [1.82, 2.24) is 0 Å². The van der Waals surface area contributed by atoms with Gasteiger partial charge in [0.05, 0.1) is 0 Å². The predicted octanol–water partition coefficient (Wildman–Crippen LogP) is 4.32. The van der Waals surface area contributed by atoms with Crippen molar-refractivity contribution in [1.29, 1.82) is 0 Å². The molecule has 1 aromatic carbocycles. The monoisotopic (exact) mass is 210 g/mol. The molecule has 0 N–H and O–H groups in total. The van der Waals surface area contributed by atoms with Crippen LogP contribution < -0.4 is 0 Å². The van der Waals surface area contributed by atoms with Gasteiger partial charge in [-0.25, -0.2) is 0 Å². The van der Waals surface area contributed by atoms with Gasteiger partial charge in [0.25, 0.3) is 0 Å². The summed E-state index contributed by atoms with van der Waals surface area (Å²) in [5, 5.41) is 0. The van der Waals surface area contributed by atoms with E-state index in [9.17, 15) is 0 Å². The second kappa shape index (κ2) is 5.56. The van der Waals surface area contributed by atoms with Gasteiger partial charge in [-0.1, -0.05) is 49.0 Å². The molecule has 0 aromatic heterocycles. The lowest BCUT2D eigenvalue weighted by atomic mass is 9.85. The smallest absolute Gasteiger partial charge is 0.0248 e. The van der Waals surface area contributed by atoms with E-state index in [0.717, 1.165) is 5.56 Å². The Hall–Kier alpha value is -1.48. The van der Waals surface area contributed by atoms with Gasteiger partial charge in [0, 0.05) is 11.1 Å². The Kier molecular flexibility index (Phi) is 3.83. The van der Waals surface area contributed by atoms with Crippen molar-refractivity contribution in [3.63, 3.8) is 0 Å². The van der Waals surface area contributed by atoms with Crippen LogP contribution in [0.3, 0.4) is 0 Å². The Balaban J connectivity index is 2.03. The van der Waals surface area contributed by atoms with Gasteiger partial charge in [-0.15, -0.1) is 0 Å². The highest BCUT2D eigenvalue weighted by Gasteiger charge is 2.13. The maximum absolute atomic E-state index is 3.32. The Morgan fingerprint density at radius 2 is 1.88 bits per heavy atom. The van der Waals surface area contributed by atoms with Gasteiger partial charge in [0.15, 0.2) is 0 Å². The lowest BCUT2D eigenvalue weighted by molar-refractivity contribution is 0.699. The van der Waals surface area contributed by atoms with Gasteiger partial charge in [0.1, 0.15) is 0 Å². The van der Waals surface area contributed by atoms with Crippen LogP contribution in [0.5, 0.6) is 0 Å². The number of benzene rings is 1. The van der Waals surface area contributed by atoms with E-state index in [1.165, 1.54) is 37.7 Å². The van der Waals surface area contributed by atoms with E-state index in [-0.39, 0.29) is 0 Å². The summed E-state index contributed by atoms with van der Waals surface area (Å²) < 4.78 is 0. The SMILES string of the molecule is CCCCC1=C(C#Cc2ccccc2)CC1. The normalized spacial score (nSPS) is 14.1. The molecule has 0 fully saturated rings. The molecule has 1 aliphatic carbocycles. The summed E-state index contributed by atoms with van der Waals surface area (Å²) in [6.07, 6.45) is 6.32. The van der Waals surface area contributed by atoms with Crippen molar-refractivity contribution in [3.05, 3.63) is 47.0 Å². The average molecular weight is 210 g/mol. The summed E-state index contributed by atoms with van der Waals surface area (Å²) in [5.74, 6) is 6.57. The topological polar surface area (TPSA) is 0 Å². The van der Waals surface area contributed by atoms with E-state index < -0.39 is 0 Å². The van der Waals surface area contributed by atoms with Gasteiger partial charge in [-0.3, -0.25) is 0 Å². The molecule has 0 spiro atoms. The summed E-state index contributed by atoms with van der Waals surface area (Å²) in [6, 6.07) is 10.2. The summed E-state index contributed by atoms with van der Waals surface area (Å²) in [6.45, 7) is 2.24. The molecule has 1 aliphatic rings. The standard InChI is InChI=1S/C16H18/c1-2-3-9-15-12-13-16(15)11-10-14-7-5-4-6-8-14/h4-8H,2-3,9,12-13H2,1H3. The van der Waals surface area contributed by atoms with E-state index in [2.05, 4.69) is 30.9 Å². The lowest BCUT2D eigenvalue weighted by Crippen LogP contribution is -2.02. The van der Waals surface area contributed by atoms with Crippen molar-refractivity contribution in [2.75, 3.05) is 0 Å². The Labute approximate surface area is 98.4 Å². The molecule has 0 saturated heterocycles. The van der Waals surface area contributed by atoms with Gasteiger partial charge in [-0.2, -0.15) is 0 Å². The van der Waals surface area contributed by atoms with Crippen LogP contribution in [0.4, 0.5) is 0 Å². The second-order valence-electron chi connectivity index (χ2n) is 4.30. The summed E-state index contributed by atoms with van der Waals surface area (Å²) >= 11 is 0. The Morgan fingerprint density at radius 3 is 2.50 bits per heavy atom. The largest absolute Gasteiger partial charge is 0.0661 e. The third-order valence-electron chi connectivity index (χ3n) is 3.07. The minimum absolute atomic E-state index is 1.12. The highest BCUT2D eigenvalue weighted by atomic mass is 14.2. The van der Waals surface area contributed by atoms with Crippen LogP contribution in [0.15, 0.2) is 41.5 Å². The molecular formula is C16H18. The zero-order valence-electron chi connectivity index (χ0n) is 9.92. The quantitative estimate of drug-likeness (QED) is 0.652. The van der Waals surface area contributed by atoms with Crippen molar-refractivity contribution in [2.45, 2.75) is 39.0 Å². The van der Waals surface area contributed by atoms with Gasteiger partial charge in [0.2, 0.25) is 0 Å². The molecule has 82 valence electrons. The second-order valence-corrected chi connectivity index (χ2v) is 4.30. The van der Waals surface area contributed by atoms with Gasteiger partial charge >= 0.3 is 0 Å². The zero-order chi connectivity index (χ0) is 11.2. The molecule has 2 rings (SSSR count). The average Bonchev–Trinajstić information content (AvgIpc) is 2.30. The van der Waals surface area contributed by atoms with Crippen LogP contribution in [0.25, 0.3) is 0 Å². The zero-order valence-corrected chi connectivity index (χ0v) is 9.92. The minimum atomic E-state index is 1.12. The van der Waals surface area contributed by atoms with E-state index >= 15 is 0 Å². The van der Waals surface area contributed by atoms with Crippen LogP contribution in [0.1, 0.15) is 44.6 Å². The first kappa shape index (κ1) is 11.0. The lowest BCUT2D eigenvalue weighted by Gasteiger charge is -2.19. The fourth-order valence-corrected chi connectivity index (χ4v) is 1.91. The van der Waals surface area contributed by atoms with E-state index in [1.54, 1.807) is 5.57 Å². The number of rotatable bonds is 3. The Bertz CT molecular complexity index is 426. The molecule has 1 aromatic rings. The first-order valence-corrected chi connectivity index (χ1v) is 6.18. The number of hydrogen-bond acceptors (Lipinski definition) is 0. The van der Waals surface area contributed by atoms with Gasteiger partial charge < -0.3 is 0 Å².